The second-order valence-corrected chi connectivity index (χ2v) is 4.02. The second-order valence-electron chi connectivity index (χ2n) is 4.02. The van der Waals surface area contributed by atoms with E-state index in [2.05, 4.69) is 4.74 Å². The Bertz CT molecular complexity index is 406. The zero-order chi connectivity index (χ0) is 13.0. The first-order valence-electron chi connectivity index (χ1n) is 5.60. The molecule has 2 atom stereocenters. The molecule has 2 N–H and O–H groups in total. The molecule has 4 heteroatoms. The summed E-state index contributed by atoms with van der Waals surface area (Å²) in [6.07, 6.45) is -1.82. The summed E-state index contributed by atoms with van der Waals surface area (Å²) in [7, 11) is 0. The van der Waals surface area contributed by atoms with Crippen molar-refractivity contribution in [3.8, 4) is 0 Å². The fraction of sp³-hybridized carbons (Fsp3) is 0.462. The van der Waals surface area contributed by atoms with Gasteiger partial charge in [-0.25, -0.2) is 9.18 Å². The van der Waals surface area contributed by atoms with Crippen LogP contribution in [0.25, 0.3) is 0 Å². The van der Waals surface area contributed by atoms with E-state index in [0.717, 1.165) is 11.1 Å². The lowest BCUT2D eigenvalue weighted by Gasteiger charge is -2.16. The van der Waals surface area contributed by atoms with Crippen LogP contribution in [0.5, 0.6) is 0 Å². The molecule has 0 aliphatic heterocycles. The summed E-state index contributed by atoms with van der Waals surface area (Å²) in [5.41, 5.74) is 8.44. The minimum Gasteiger partial charge on any atom is -0.464 e. The number of ether oxygens (including phenoxy) is 1. The molecule has 0 radical (unpaired) electrons. The fourth-order valence-corrected chi connectivity index (χ4v) is 1.51. The molecule has 0 saturated carbocycles. The first-order chi connectivity index (χ1) is 7.97. The van der Waals surface area contributed by atoms with E-state index in [9.17, 15) is 9.18 Å². The van der Waals surface area contributed by atoms with Gasteiger partial charge in [0.2, 0.25) is 6.17 Å². The lowest BCUT2D eigenvalue weighted by Crippen LogP contribution is -2.31. The van der Waals surface area contributed by atoms with Gasteiger partial charge in [0, 0.05) is 0 Å². The number of hydrogen-bond donors (Lipinski definition) is 1. The topological polar surface area (TPSA) is 52.3 Å². The van der Waals surface area contributed by atoms with Crippen LogP contribution in [0, 0.1) is 13.8 Å². The Morgan fingerprint density at radius 2 is 2.06 bits per heavy atom. The highest BCUT2D eigenvalue weighted by molar-refractivity contribution is 5.75. The zero-order valence-electron chi connectivity index (χ0n) is 10.4. The molecule has 0 bridgehead atoms. The maximum Gasteiger partial charge on any atom is 0.342 e. The third-order valence-electron chi connectivity index (χ3n) is 2.74. The van der Waals surface area contributed by atoms with Gasteiger partial charge in [-0.3, -0.25) is 0 Å². The molecule has 0 fully saturated rings. The van der Waals surface area contributed by atoms with Crippen molar-refractivity contribution in [1.82, 2.24) is 0 Å². The molecule has 17 heavy (non-hydrogen) atoms. The molecule has 1 aromatic carbocycles. The largest absolute Gasteiger partial charge is 0.464 e. The van der Waals surface area contributed by atoms with Crippen molar-refractivity contribution in [2.24, 2.45) is 5.73 Å². The second kappa shape index (κ2) is 5.77. The maximum absolute atomic E-state index is 13.7. The van der Waals surface area contributed by atoms with Crippen LogP contribution in [0.4, 0.5) is 4.39 Å². The highest BCUT2D eigenvalue weighted by atomic mass is 19.1. The number of carbonyl (C=O) groups excluding carboxylic acids is 1. The van der Waals surface area contributed by atoms with Crippen LogP contribution in [0.2, 0.25) is 0 Å². The van der Waals surface area contributed by atoms with E-state index in [1.807, 2.05) is 19.9 Å². The molecular formula is C13H18FNO2. The van der Waals surface area contributed by atoms with E-state index in [0.29, 0.717) is 5.56 Å². The Kier molecular flexibility index (Phi) is 4.63. The molecule has 0 spiro atoms. The van der Waals surface area contributed by atoms with Gasteiger partial charge in [-0.1, -0.05) is 18.2 Å². The highest BCUT2D eigenvalue weighted by Crippen LogP contribution is 2.20. The number of aryl methyl sites for hydroxylation is 2. The Morgan fingerprint density at radius 1 is 1.41 bits per heavy atom. The molecule has 0 aliphatic rings. The van der Waals surface area contributed by atoms with Gasteiger partial charge >= 0.3 is 5.97 Å². The Balaban J connectivity index is 2.84. The van der Waals surface area contributed by atoms with Crippen molar-refractivity contribution < 1.29 is 13.9 Å². The smallest absolute Gasteiger partial charge is 0.342 e. The number of nitrogens with two attached hydrogens (primary N) is 1. The summed E-state index contributed by atoms with van der Waals surface area (Å²) >= 11 is 0. The quantitative estimate of drug-likeness (QED) is 0.819. The van der Waals surface area contributed by atoms with Gasteiger partial charge in [0.15, 0.2) is 0 Å². The van der Waals surface area contributed by atoms with Gasteiger partial charge < -0.3 is 10.5 Å². The zero-order valence-corrected chi connectivity index (χ0v) is 10.4. The SMILES string of the molecule is CCOC(=O)C(F)[C@@H](N)c1ccc(C)c(C)c1. The summed E-state index contributed by atoms with van der Waals surface area (Å²) in [4.78, 5) is 11.2. The van der Waals surface area contributed by atoms with Crippen molar-refractivity contribution in [3.63, 3.8) is 0 Å². The summed E-state index contributed by atoms with van der Waals surface area (Å²) in [6.45, 7) is 5.66. The molecule has 1 aromatic rings. The van der Waals surface area contributed by atoms with Gasteiger partial charge in [-0.2, -0.15) is 0 Å². The summed E-state index contributed by atoms with van der Waals surface area (Å²) in [5, 5.41) is 0. The first kappa shape index (κ1) is 13.6. The third kappa shape index (κ3) is 3.27. The summed E-state index contributed by atoms with van der Waals surface area (Å²) < 4.78 is 18.3. The van der Waals surface area contributed by atoms with Crippen LogP contribution in [0.3, 0.4) is 0 Å². The van der Waals surface area contributed by atoms with E-state index in [4.69, 9.17) is 5.73 Å². The summed E-state index contributed by atoms with van der Waals surface area (Å²) in [6, 6.07) is 4.42. The molecule has 0 amide bonds. The maximum atomic E-state index is 13.7. The monoisotopic (exact) mass is 239 g/mol. The van der Waals surface area contributed by atoms with Crippen molar-refractivity contribution in [2.45, 2.75) is 33.0 Å². The predicted octanol–water partition coefficient (Wildman–Crippen LogP) is 2.20. The summed E-state index contributed by atoms with van der Waals surface area (Å²) in [5.74, 6) is -0.904. The number of alkyl halides is 1. The van der Waals surface area contributed by atoms with Crippen LogP contribution >= 0.6 is 0 Å². The van der Waals surface area contributed by atoms with Crippen molar-refractivity contribution in [1.29, 1.82) is 0 Å². The Hall–Kier alpha value is -1.42. The van der Waals surface area contributed by atoms with Gasteiger partial charge in [0.05, 0.1) is 12.6 Å². The Morgan fingerprint density at radius 3 is 2.59 bits per heavy atom. The minimum atomic E-state index is -1.82. The third-order valence-corrected chi connectivity index (χ3v) is 2.74. The molecule has 0 heterocycles. The highest BCUT2D eigenvalue weighted by Gasteiger charge is 2.27. The number of hydrogen-bond acceptors (Lipinski definition) is 3. The molecular weight excluding hydrogens is 221 g/mol. The minimum absolute atomic E-state index is 0.152. The van der Waals surface area contributed by atoms with Crippen LogP contribution in [-0.4, -0.2) is 18.7 Å². The molecule has 0 aliphatic carbocycles. The number of halogens is 1. The average Bonchev–Trinajstić information content (AvgIpc) is 2.31. The van der Waals surface area contributed by atoms with E-state index in [1.54, 1.807) is 19.1 Å². The number of esters is 1. The Labute approximate surface area is 101 Å². The van der Waals surface area contributed by atoms with Crippen LogP contribution in [0.1, 0.15) is 29.7 Å². The van der Waals surface area contributed by atoms with Gasteiger partial charge in [-0.15, -0.1) is 0 Å². The predicted molar refractivity (Wildman–Crippen MR) is 64.4 cm³/mol. The van der Waals surface area contributed by atoms with E-state index in [1.165, 1.54) is 0 Å². The van der Waals surface area contributed by atoms with E-state index < -0.39 is 18.2 Å². The molecule has 1 rings (SSSR count). The number of rotatable bonds is 4. The lowest BCUT2D eigenvalue weighted by atomic mass is 9.99. The van der Waals surface area contributed by atoms with E-state index in [-0.39, 0.29) is 6.61 Å². The number of carbonyl (C=O) groups is 1. The van der Waals surface area contributed by atoms with Crippen LogP contribution in [-0.2, 0) is 9.53 Å². The standard InChI is InChI=1S/C13H18FNO2/c1-4-17-13(16)11(14)12(15)10-6-5-8(2)9(3)7-10/h5-7,11-12H,4,15H2,1-3H3/t11?,12-/m0/s1. The van der Waals surface area contributed by atoms with E-state index >= 15 is 0 Å². The van der Waals surface area contributed by atoms with Gasteiger partial charge in [-0.05, 0) is 37.5 Å². The van der Waals surface area contributed by atoms with Crippen molar-refractivity contribution in [2.75, 3.05) is 6.61 Å². The van der Waals surface area contributed by atoms with Gasteiger partial charge in [0.1, 0.15) is 0 Å². The van der Waals surface area contributed by atoms with Crippen molar-refractivity contribution in [3.05, 3.63) is 34.9 Å². The molecule has 3 nitrogen and oxygen atoms in total. The first-order valence-corrected chi connectivity index (χ1v) is 5.60. The molecule has 94 valence electrons. The fourth-order valence-electron chi connectivity index (χ4n) is 1.51. The average molecular weight is 239 g/mol. The van der Waals surface area contributed by atoms with Crippen LogP contribution < -0.4 is 5.73 Å². The van der Waals surface area contributed by atoms with Crippen LogP contribution in [0.15, 0.2) is 18.2 Å². The van der Waals surface area contributed by atoms with Gasteiger partial charge in [0.25, 0.3) is 0 Å². The normalized spacial score (nSPS) is 14.2. The molecule has 0 saturated heterocycles. The molecule has 1 unspecified atom stereocenters. The lowest BCUT2D eigenvalue weighted by molar-refractivity contribution is -0.149. The van der Waals surface area contributed by atoms with Crippen molar-refractivity contribution >= 4 is 5.97 Å². The number of benzene rings is 1. The molecule has 0 aromatic heterocycles.